The van der Waals surface area contributed by atoms with E-state index in [-0.39, 0.29) is 28.5 Å². The molecule has 1 aromatic rings. The van der Waals surface area contributed by atoms with E-state index in [9.17, 15) is 18.0 Å². The lowest BCUT2D eigenvalue weighted by Crippen LogP contribution is -2.15. The van der Waals surface area contributed by atoms with Crippen molar-refractivity contribution in [1.82, 2.24) is 4.57 Å². The molecule has 1 N–H and O–H groups in total. The number of carbonyl (C=O) groups excluding carboxylic acids is 1. The highest BCUT2D eigenvalue weighted by Crippen LogP contribution is 2.26. The van der Waals surface area contributed by atoms with Crippen LogP contribution in [-0.2, 0) is 9.84 Å². The third-order valence-corrected chi connectivity index (χ3v) is 4.83. The van der Waals surface area contributed by atoms with Gasteiger partial charge in [0.05, 0.1) is 11.5 Å². The molecule has 0 radical (unpaired) electrons. The second-order valence-corrected chi connectivity index (χ2v) is 6.67. The molecule has 1 unspecified atom stereocenters. The van der Waals surface area contributed by atoms with Crippen LogP contribution in [0, 0.1) is 0 Å². The SMILES string of the molecule is CC(=O)c1cc(C(=O)O)n(C2CCS(=O)(=O)C2)c1. The summed E-state index contributed by atoms with van der Waals surface area (Å²) in [6, 6.07) is 0.893. The third kappa shape index (κ3) is 2.31. The highest BCUT2D eigenvalue weighted by atomic mass is 32.2. The molecule has 1 aromatic heterocycles. The first-order valence-corrected chi connectivity index (χ1v) is 7.29. The Labute approximate surface area is 104 Å². The lowest BCUT2D eigenvalue weighted by Gasteiger charge is -2.12. The first-order chi connectivity index (χ1) is 8.30. The molecule has 0 bridgehead atoms. The predicted molar refractivity (Wildman–Crippen MR) is 63.7 cm³/mol. The molecule has 1 fully saturated rings. The van der Waals surface area contributed by atoms with Gasteiger partial charge in [0, 0.05) is 17.8 Å². The zero-order chi connectivity index (χ0) is 13.5. The number of sulfone groups is 1. The summed E-state index contributed by atoms with van der Waals surface area (Å²) in [5, 5.41) is 9.07. The summed E-state index contributed by atoms with van der Waals surface area (Å²) in [5.41, 5.74) is 0.249. The van der Waals surface area contributed by atoms with Gasteiger partial charge in [0.15, 0.2) is 15.6 Å². The number of rotatable bonds is 3. The molecule has 6 nitrogen and oxygen atoms in total. The quantitative estimate of drug-likeness (QED) is 0.819. The molecule has 0 amide bonds. The smallest absolute Gasteiger partial charge is 0.352 e. The van der Waals surface area contributed by atoms with E-state index in [0.29, 0.717) is 6.42 Å². The number of aromatic carboxylic acids is 1. The lowest BCUT2D eigenvalue weighted by atomic mass is 10.2. The van der Waals surface area contributed by atoms with Gasteiger partial charge in [-0.05, 0) is 19.4 Å². The predicted octanol–water partition coefficient (Wildman–Crippen LogP) is 0.749. The molecule has 7 heteroatoms. The molecule has 1 saturated heterocycles. The van der Waals surface area contributed by atoms with Crippen LogP contribution in [0.4, 0.5) is 0 Å². The highest BCUT2D eigenvalue weighted by Gasteiger charge is 2.31. The number of carbonyl (C=O) groups is 2. The lowest BCUT2D eigenvalue weighted by molar-refractivity contribution is 0.0683. The Morgan fingerprint density at radius 2 is 2.11 bits per heavy atom. The van der Waals surface area contributed by atoms with Crippen LogP contribution in [0.2, 0.25) is 0 Å². The summed E-state index contributed by atoms with van der Waals surface area (Å²) < 4.78 is 24.2. The Balaban J connectivity index is 2.44. The van der Waals surface area contributed by atoms with Crippen molar-refractivity contribution in [2.45, 2.75) is 19.4 Å². The maximum absolute atomic E-state index is 11.4. The van der Waals surface area contributed by atoms with Crippen LogP contribution < -0.4 is 0 Å². The summed E-state index contributed by atoms with van der Waals surface area (Å²) >= 11 is 0. The van der Waals surface area contributed by atoms with Crippen molar-refractivity contribution in [3.05, 3.63) is 23.5 Å². The van der Waals surface area contributed by atoms with Gasteiger partial charge in [-0.2, -0.15) is 0 Å². The fourth-order valence-corrected chi connectivity index (χ4v) is 3.85. The average molecular weight is 271 g/mol. The van der Waals surface area contributed by atoms with Crippen LogP contribution in [0.15, 0.2) is 12.3 Å². The number of Topliss-reactive ketones (excluding diaryl/α,β-unsaturated/α-hetero) is 1. The molecule has 0 aromatic carbocycles. The van der Waals surface area contributed by atoms with Crippen LogP contribution in [0.25, 0.3) is 0 Å². The van der Waals surface area contributed by atoms with Gasteiger partial charge in [-0.15, -0.1) is 0 Å². The number of aromatic nitrogens is 1. The Kier molecular flexibility index (Phi) is 3.02. The second-order valence-electron chi connectivity index (χ2n) is 4.44. The summed E-state index contributed by atoms with van der Waals surface area (Å²) in [5.74, 6) is -1.41. The van der Waals surface area contributed by atoms with Crippen molar-refractivity contribution < 1.29 is 23.1 Å². The van der Waals surface area contributed by atoms with Crippen molar-refractivity contribution >= 4 is 21.6 Å². The zero-order valence-electron chi connectivity index (χ0n) is 9.79. The molecular weight excluding hydrogens is 258 g/mol. The van der Waals surface area contributed by atoms with E-state index in [4.69, 9.17) is 5.11 Å². The number of hydrogen-bond donors (Lipinski definition) is 1. The molecule has 1 atom stereocenters. The fraction of sp³-hybridized carbons (Fsp3) is 0.455. The summed E-state index contributed by atoms with van der Waals surface area (Å²) in [4.78, 5) is 22.3. The maximum atomic E-state index is 11.4. The van der Waals surface area contributed by atoms with Gasteiger partial charge in [0.25, 0.3) is 0 Å². The molecule has 0 aliphatic carbocycles. The van der Waals surface area contributed by atoms with Gasteiger partial charge in [0.2, 0.25) is 0 Å². The summed E-state index contributed by atoms with van der Waals surface area (Å²) in [7, 11) is -3.10. The minimum absolute atomic E-state index is 0.0395. The van der Waals surface area contributed by atoms with Crippen LogP contribution in [-0.4, -0.2) is 41.3 Å². The van der Waals surface area contributed by atoms with Crippen molar-refractivity contribution in [2.24, 2.45) is 0 Å². The molecule has 2 heterocycles. The van der Waals surface area contributed by atoms with E-state index in [1.807, 2.05) is 0 Å². The molecule has 1 aliphatic rings. The zero-order valence-corrected chi connectivity index (χ0v) is 10.6. The Bertz CT molecular complexity index is 613. The molecule has 98 valence electrons. The second kappa shape index (κ2) is 4.24. The monoisotopic (exact) mass is 271 g/mol. The van der Waals surface area contributed by atoms with Gasteiger partial charge in [-0.1, -0.05) is 0 Å². The molecule has 1 aliphatic heterocycles. The van der Waals surface area contributed by atoms with Gasteiger partial charge in [0.1, 0.15) is 5.69 Å². The molecule has 18 heavy (non-hydrogen) atoms. The normalized spacial score (nSPS) is 21.9. The van der Waals surface area contributed by atoms with Gasteiger partial charge >= 0.3 is 5.97 Å². The van der Waals surface area contributed by atoms with E-state index in [1.165, 1.54) is 23.8 Å². The molecule has 0 spiro atoms. The van der Waals surface area contributed by atoms with Gasteiger partial charge in [-0.3, -0.25) is 4.79 Å². The van der Waals surface area contributed by atoms with Crippen LogP contribution in [0.3, 0.4) is 0 Å². The minimum atomic E-state index is -3.10. The van der Waals surface area contributed by atoms with E-state index in [2.05, 4.69) is 0 Å². The Morgan fingerprint density at radius 3 is 2.56 bits per heavy atom. The first kappa shape index (κ1) is 12.8. The summed E-state index contributed by atoms with van der Waals surface area (Å²) in [6.45, 7) is 1.34. The number of hydrogen-bond acceptors (Lipinski definition) is 4. The van der Waals surface area contributed by atoms with Gasteiger partial charge in [-0.25, -0.2) is 13.2 Å². The van der Waals surface area contributed by atoms with E-state index >= 15 is 0 Å². The van der Waals surface area contributed by atoms with Crippen molar-refractivity contribution in [1.29, 1.82) is 0 Å². The highest BCUT2D eigenvalue weighted by molar-refractivity contribution is 7.91. The number of carboxylic acids is 1. The first-order valence-electron chi connectivity index (χ1n) is 5.47. The Hall–Kier alpha value is -1.63. The fourth-order valence-electron chi connectivity index (χ4n) is 2.14. The van der Waals surface area contributed by atoms with Crippen LogP contribution in [0.5, 0.6) is 0 Å². The number of carboxylic acid groups (broad SMARTS) is 1. The van der Waals surface area contributed by atoms with Crippen LogP contribution in [0.1, 0.15) is 40.2 Å². The van der Waals surface area contributed by atoms with Crippen molar-refractivity contribution in [3.8, 4) is 0 Å². The van der Waals surface area contributed by atoms with Crippen LogP contribution >= 0.6 is 0 Å². The third-order valence-electron chi connectivity index (χ3n) is 3.08. The standard InChI is InChI=1S/C11H13NO5S/c1-7(13)8-4-10(11(14)15)12(5-8)9-2-3-18(16,17)6-9/h4-5,9H,2-3,6H2,1H3,(H,14,15). The van der Waals surface area contributed by atoms with Crippen molar-refractivity contribution in [2.75, 3.05) is 11.5 Å². The van der Waals surface area contributed by atoms with E-state index < -0.39 is 21.8 Å². The van der Waals surface area contributed by atoms with Crippen molar-refractivity contribution in [3.63, 3.8) is 0 Å². The maximum Gasteiger partial charge on any atom is 0.352 e. The Morgan fingerprint density at radius 1 is 1.44 bits per heavy atom. The number of ketones is 1. The number of nitrogens with zero attached hydrogens (tertiary/aromatic N) is 1. The summed E-state index contributed by atoms with van der Waals surface area (Å²) in [6.07, 6.45) is 1.81. The van der Waals surface area contributed by atoms with E-state index in [0.717, 1.165) is 0 Å². The average Bonchev–Trinajstić information content (AvgIpc) is 2.80. The largest absolute Gasteiger partial charge is 0.477 e. The molecule has 0 saturated carbocycles. The minimum Gasteiger partial charge on any atom is -0.477 e. The topological polar surface area (TPSA) is 93.4 Å². The van der Waals surface area contributed by atoms with E-state index in [1.54, 1.807) is 0 Å². The van der Waals surface area contributed by atoms with Gasteiger partial charge < -0.3 is 9.67 Å². The molecule has 2 rings (SSSR count). The molecular formula is C11H13NO5S.